The van der Waals surface area contributed by atoms with E-state index < -0.39 is 152 Å². The number of aliphatic hydroxyl groups excluding tert-OH is 7. The summed E-state index contributed by atoms with van der Waals surface area (Å²) in [7, 11) is 0. The summed E-state index contributed by atoms with van der Waals surface area (Å²) in [4.78, 5) is 111. The van der Waals surface area contributed by atoms with Gasteiger partial charge >= 0.3 is 17.5 Å². The largest absolute Gasteiger partial charge is 0.507 e. The maximum absolute atomic E-state index is 14.8. The van der Waals surface area contributed by atoms with Gasteiger partial charge in [-0.2, -0.15) is 0 Å². The first-order valence-electron chi connectivity index (χ1n) is 43.1. The van der Waals surface area contributed by atoms with E-state index in [-0.39, 0.29) is 139 Å². The van der Waals surface area contributed by atoms with E-state index in [4.69, 9.17) is 42.5 Å². The van der Waals surface area contributed by atoms with Gasteiger partial charge in [-0.05, 0) is 101 Å². The molecule has 2 saturated heterocycles. The molecular weight excluding hydrogens is 1610 g/mol. The quantitative estimate of drug-likeness (QED) is 0.0444. The molecule has 8 aromatic rings. The van der Waals surface area contributed by atoms with Gasteiger partial charge in [0.25, 0.3) is 11.8 Å². The van der Waals surface area contributed by atoms with E-state index in [1.54, 1.807) is 90.1 Å². The number of piperidine rings is 2. The third-order valence-corrected chi connectivity index (χ3v) is 27.2. The summed E-state index contributed by atoms with van der Waals surface area (Å²) in [5, 5.41) is 109. The lowest BCUT2D eigenvalue weighted by Crippen LogP contribution is -2.45. The van der Waals surface area contributed by atoms with Crippen molar-refractivity contribution in [2.75, 3.05) is 46.6 Å². The van der Waals surface area contributed by atoms with Crippen molar-refractivity contribution in [3.05, 3.63) is 159 Å². The van der Waals surface area contributed by atoms with Crippen LogP contribution in [0.3, 0.4) is 0 Å². The van der Waals surface area contributed by atoms with Crippen LogP contribution in [0.2, 0.25) is 0 Å². The summed E-state index contributed by atoms with van der Waals surface area (Å²) in [6.45, 7) is 35.4. The highest BCUT2D eigenvalue weighted by atomic mass is 16.7. The molecule has 0 spiro atoms. The number of nitrogens with zero attached hydrogens (tertiary/aromatic N) is 4. The number of aromatic nitrogens is 2. The Hall–Kier alpha value is -11.4. The van der Waals surface area contributed by atoms with E-state index >= 15 is 0 Å². The number of hydrogen-bond donors (Lipinski definition) is 11. The number of aliphatic hydroxyl groups is 7. The number of esters is 1. The first-order chi connectivity index (χ1) is 58.9. The molecule has 2 aromatic heterocycles. The molecule has 8 aliphatic heterocycles. The fourth-order valence-electron chi connectivity index (χ4n) is 18.0. The van der Waals surface area contributed by atoms with Crippen LogP contribution < -0.4 is 62.1 Å². The van der Waals surface area contributed by atoms with Gasteiger partial charge in [0.05, 0.1) is 64.3 Å². The molecule has 11 N–H and O–H groups in total. The number of rotatable bonds is 3. The number of amides is 2. The average molecular weight is 1720 g/mol. The maximum atomic E-state index is 14.8. The van der Waals surface area contributed by atoms with Crippen LogP contribution >= 0.6 is 0 Å². The Morgan fingerprint density at radius 3 is 1.21 bits per heavy atom. The van der Waals surface area contributed by atoms with Crippen LogP contribution in [0.5, 0.6) is 23.0 Å². The highest BCUT2D eigenvalue weighted by Gasteiger charge is 2.47. The van der Waals surface area contributed by atoms with Gasteiger partial charge in [-0.3, -0.25) is 33.6 Å². The van der Waals surface area contributed by atoms with Gasteiger partial charge in [0, 0.05) is 151 Å². The Morgan fingerprint density at radius 1 is 0.464 bits per heavy atom. The first-order valence-corrected chi connectivity index (χ1v) is 43.1. The number of phenolic OH excluding ortho intramolecular Hbond substituents is 2. The molecule has 2 fully saturated rings. The van der Waals surface area contributed by atoms with E-state index in [0.717, 1.165) is 51.9 Å². The highest BCUT2D eigenvalue weighted by molar-refractivity contribution is 6.18. The molecule has 18 atom stereocenters. The van der Waals surface area contributed by atoms with Gasteiger partial charge < -0.3 is 98.9 Å². The molecule has 29 heteroatoms. The van der Waals surface area contributed by atoms with E-state index in [1.807, 2.05) is 27.7 Å². The summed E-state index contributed by atoms with van der Waals surface area (Å²) in [6.07, 6.45) is 13.4. The fraction of sp³-hybridized carbons (Fsp3) is 0.490. The summed E-state index contributed by atoms with van der Waals surface area (Å²) < 4.78 is 43.5. The van der Waals surface area contributed by atoms with Gasteiger partial charge in [0.15, 0.2) is 44.9 Å². The number of allylic oxidation sites excluding steroid dienone is 6. The minimum atomic E-state index is -1.92. The first kappa shape index (κ1) is 91.3. The second kappa shape index (κ2) is 35.6. The second-order valence-corrected chi connectivity index (χ2v) is 36.1. The number of ether oxygens (including phenoxy) is 5. The number of hydrogen-bond acceptors (Lipinski definition) is 27. The van der Waals surface area contributed by atoms with Crippen LogP contribution in [-0.2, 0) is 28.6 Å². The van der Waals surface area contributed by atoms with Crippen molar-refractivity contribution >= 4 is 118 Å². The minimum Gasteiger partial charge on any atom is -0.507 e. The lowest BCUT2D eigenvalue weighted by atomic mass is 9.77. The lowest BCUT2D eigenvalue weighted by Gasteiger charge is -2.37. The van der Waals surface area contributed by atoms with Crippen LogP contribution in [0.25, 0.3) is 77.5 Å². The molecule has 8 aliphatic rings. The molecule has 0 aliphatic carbocycles. The van der Waals surface area contributed by atoms with Crippen molar-refractivity contribution in [2.24, 2.45) is 71.0 Å². The van der Waals surface area contributed by atoms with Gasteiger partial charge in [-0.1, -0.05) is 120 Å². The highest BCUT2D eigenvalue weighted by Crippen LogP contribution is 2.46. The Bertz CT molecular complexity index is 6230. The molecular formula is C96H116N6O23. The number of nitrogens with one attached hydrogen (secondary N) is 2. The van der Waals surface area contributed by atoms with E-state index in [2.05, 4.69) is 34.3 Å². The fourth-order valence-corrected chi connectivity index (χ4v) is 18.0. The zero-order valence-corrected chi connectivity index (χ0v) is 74.2. The van der Waals surface area contributed by atoms with Crippen LogP contribution in [-0.4, -0.2) is 148 Å². The number of benzene rings is 6. The molecule has 10 bridgehead atoms. The molecule has 0 radical (unpaired) electrons. The summed E-state index contributed by atoms with van der Waals surface area (Å²) in [6, 6.07) is 6.35. The molecule has 668 valence electrons. The molecule has 10 heterocycles. The van der Waals surface area contributed by atoms with Crippen LogP contribution in [0.1, 0.15) is 155 Å². The number of phenols is 2. The SMILES string of the molecule is C/C1=C/C=C/[C@H](C)[C@H](O)[C@@H](C)[C@@H](O)[C@@H](C)[C@H](O)[C@H](C)[C@@H](C)/C=C/O[C@@]2(C)Oc3c(C)c(O)c4c(=O)c(c5oc6cc(N7CCC(C)CC7)cc(=O)c6nc5c4c3=C2O)NC1=O.CC(=O)O[C@H]1[C@H](C)[C@H](O)[C@H](C)[C@@H](O)[C@@H](C)/C=C/C=C(/C)C(=O)Nc2c(=O)c3c(O)c(C)c4c(c3c3nc5c(=O)cc(N6CCC(C)CC6)cc5oc23)=C(O)[C@@](C)(O/C=C/[C@H](C)[C@H]1C)O4. The third-order valence-electron chi connectivity index (χ3n) is 27.2. The number of carbonyl (C=O) groups excluding carboxylic acids is 3. The lowest BCUT2D eigenvalue weighted by molar-refractivity contribution is -0.158. The molecule has 0 unspecified atom stereocenters. The number of anilines is 4. The second-order valence-electron chi connectivity index (χ2n) is 36.1. The summed E-state index contributed by atoms with van der Waals surface area (Å²) >= 11 is 0. The molecule has 16 rings (SSSR count). The topological polar surface area (TPSA) is 430 Å². The van der Waals surface area contributed by atoms with Crippen LogP contribution in [0, 0.1) is 84.9 Å². The smallest absolute Gasteiger partial charge is 0.307 e. The Morgan fingerprint density at radius 2 is 0.824 bits per heavy atom. The number of carbonyl (C=O) groups is 3. The Kier molecular flexibility index (Phi) is 26.0. The molecule has 2 amide bonds. The van der Waals surface area contributed by atoms with Crippen molar-refractivity contribution < 1.29 is 92.9 Å². The molecule has 6 aromatic carbocycles. The third kappa shape index (κ3) is 17.0. The van der Waals surface area contributed by atoms with E-state index in [1.165, 1.54) is 85.3 Å². The van der Waals surface area contributed by atoms with Crippen molar-refractivity contribution in [1.29, 1.82) is 0 Å². The standard InChI is InChI=1S/C49H59N3O12.C47H57N3O11/c1-22-14-17-52(18-15-22)31-20-32(54)37-33(21-31)63-46-38(50-37)34-35-42(57)29(8)45-36(34)47(59)49(10,64-45)61-19-16-23(2)26(5)44(62-30(9)53)28(7)41(56)27(6)40(55)24(3)12-11-13-25(4)48(60)51-39(46)43(35)58;1-21-13-16-50(17-14-21)29-19-30(51)35-31(20-29)60-44-36(48-35)32-33-41(55)28(8)43-34(32)45(57)47(9,61-43)59-18-15-22(2)25(5)39(53)27(7)40(54)26(6)38(52)23(3)11-10-12-24(4)46(58)49-37(44)42(33)56/h11-13,16,19-24,26-28,40-41,44,55-57,59H,14-15,17-18H2,1-10H3,(H,51,60);10-12,15,18-23,25-27,38-40,52-55,57H,13-14,16-17H2,1-9H3,(H,49,58)/b12-11+,19-16+,25-13-;11-10+,18-15+,24-12-/t23-,24-,26+,27+,28+,40-,41+,44+,49-;22-,23-,25+,26+,27-,38-,39+,40+,47-/m00/s1. The van der Waals surface area contributed by atoms with Crippen LogP contribution in [0.15, 0.2) is 125 Å². The molecule has 0 saturated carbocycles. The minimum absolute atomic E-state index is 0.00363. The number of fused-ring (bicyclic) bond motifs is 28. The Balaban J connectivity index is 0.000000215. The van der Waals surface area contributed by atoms with Gasteiger partial charge in [0.2, 0.25) is 21.7 Å². The molecule has 125 heavy (non-hydrogen) atoms. The van der Waals surface area contributed by atoms with Crippen molar-refractivity contribution in [3.8, 4) is 23.0 Å². The predicted molar refractivity (Wildman–Crippen MR) is 478 cm³/mol. The zero-order chi connectivity index (χ0) is 91.1. The zero-order valence-electron chi connectivity index (χ0n) is 74.2. The maximum Gasteiger partial charge on any atom is 0.307 e. The van der Waals surface area contributed by atoms with Gasteiger partial charge in [-0.25, -0.2) is 9.97 Å². The Labute approximate surface area is 722 Å². The average Bonchev–Trinajstić information content (AvgIpc) is 1.63. The van der Waals surface area contributed by atoms with Gasteiger partial charge in [-0.15, -0.1) is 0 Å². The normalized spacial score (nSPS) is 31.0. The van der Waals surface area contributed by atoms with Crippen molar-refractivity contribution in [3.63, 3.8) is 0 Å². The number of aromatic hydroxyl groups is 2. The van der Waals surface area contributed by atoms with Crippen molar-refractivity contribution in [1.82, 2.24) is 9.97 Å². The monoisotopic (exact) mass is 1720 g/mol. The summed E-state index contributed by atoms with van der Waals surface area (Å²) in [5.74, 6) is -11.6. The molecule has 29 nitrogen and oxygen atoms in total. The van der Waals surface area contributed by atoms with E-state index in [0.29, 0.717) is 23.2 Å². The van der Waals surface area contributed by atoms with Gasteiger partial charge in [0.1, 0.15) is 51.5 Å². The van der Waals surface area contributed by atoms with Crippen molar-refractivity contribution in [2.45, 2.75) is 205 Å². The predicted octanol–water partition coefficient (Wildman–Crippen LogP) is 12.3. The summed E-state index contributed by atoms with van der Waals surface area (Å²) in [5.41, 5.74) is -2.21. The van der Waals surface area contributed by atoms with Crippen LogP contribution in [0.4, 0.5) is 22.7 Å². The van der Waals surface area contributed by atoms with E-state index in [9.17, 15) is 79.5 Å².